The molecule has 5 heteroatoms. The van der Waals surface area contributed by atoms with Crippen LogP contribution in [0.2, 0.25) is 0 Å². The molecule has 3 aromatic rings. The Morgan fingerprint density at radius 1 is 0.871 bits per heavy atom. The summed E-state index contributed by atoms with van der Waals surface area (Å²) in [5.41, 5.74) is 3.95. The van der Waals surface area contributed by atoms with Gasteiger partial charge in [0, 0.05) is 18.0 Å². The van der Waals surface area contributed by atoms with Crippen molar-refractivity contribution in [2.24, 2.45) is 0 Å². The number of nitrogens with zero attached hydrogens (tertiary/aromatic N) is 2. The molecule has 3 atom stereocenters. The molecular formula is C26H24N2O3. The number of aliphatic hydroxyl groups is 1. The summed E-state index contributed by atoms with van der Waals surface area (Å²) in [4.78, 5) is 29.1. The molecule has 31 heavy (non-hydrogen) atoms. The molecule has 2 aliphatic heterocycles. The van der Waals surface area contributed by atoms with Crippen molar-refractivity contribution in [3.63, 3.8) is 0 Å². The fourth-order valence-corrected chi connectivity index (χ4v) is 4.95. The Morgan fingerprint density at radius 3 is 2.13 bits per heavy atom. The number of amides is 2. The number of carbonyl (C=O) groups excluding carboxylic acids is 2. The summed E-state index contributed by atoms with van der Waals surface area (Å²) in [6, 6.07) is 27.2. The van der Waals surface area contributed by atoms with Crippen LogP contribution in [0.1, 0.15) is 21.8 Å². The first-order valence-corrected chi connectivity index (χ1v) is 10.6. The van der Waals surface area contributed by atoms with Crippen LogP contribution in [-0.2, 0) is 4.79 Å². The smallest absolute Gasteiger partial charge is 0.254 e. The van der Waals surface area contributed by atoms with Crippen LogP contribution in [0, 0.1) is 0 Å². The van der Waals surface area contributed by atoms with Crippen LogP contribution in [0.3, 0.4) is 0 Å². The van der Waals surface area contributed by atoms with Crippen LogP contribution < -0.4 is 0 Å². The lowest BCUT2D eigenvalue weighted by atomic mass is 9.73. The predicted molar refractivity (Wildman–Crippen MR) is 118 cm³/mol. The number of rotatable bonds is 4. The quantitative estimate of drug-likeness (QED) is 0.716. The Balaban J connectivity index is 1.39. The van der Waals surface area contributed by atoms with Crippen molar-refractivity contribution < 1.29 is 14.7 Å². The molecule has 0 unspecified atom stereocenters. The minimum Gasteiger partial charge on any atom is -0.394 e. The highest BCUT2D eigenvalue weighted by molar-refractivity contribution is 5.97. The fourth-order valence-electron chi connectivity index (χ4n) is 4.95. The topological polar surface area (TPSA) is 60.9 Å². The van der Waals surface area contributed by atoms with E-state index in [2.05, 4.69) is 36.4 Å². The van der Waals surface area contributed by atoms with Gasteiger partial charge < -0.3 is 14.9 Å². The van der Waals surface area contributed by atoms with Crippen molar-refractivity contribution in [2.45, 2.75) is 18.0 Å². The van der Waals surface area contributed by atoms with Gasteiger partial charge in [-0.25, -0.2) is 0 Å². The average molecular weight is 412 g/mol. The second-order valence-electron chi connectivity index (χ2n) is 8.18. The molecule has 0 bridgehead atoms. The molecule has 2 saturated heterocycles. The summed E-state index contributed by atoms with van der Waals surface area (Å²) < 4.78 is 0. The molecule has 3 aromatic carbocycles. The minimum absolute atomic E-state index is 0.00477. The highest BCUT2D eigenvalue weighted by Gasteiger charge is 2.54. The number of piperazine rings is 1. The Hall–Kier alpha value is -3.44. The molecule has 0 aromatic heterocycles. The summed E-state index contributed by atoms with van der Waals surface area (Å²) in [5.74, 6) is -0.221. The Kier molecular flexibility index (Phi) is 5.04. The third kappa shape index (κ3) is 3.41. The van der Waals surface area contributed by atoms with E-state index in [0.717, 1.165) is 16.7 Å². The van der Waals surface area contributed by atoms with Crippen molar-refractivity contribution in [2.75, 3.05) is 19.7 Å². The van der Waals surface area contributed by atoms with Crippen molar-refractivity contribution in [3.8, 4) is 11.1 Å². The zero-order valence-corrected chi connectivity index (χ0v) is 17.1. The first kappa shape index (κ1) is 19.5. The molecule has 2 fully saturated rings. The van der Waals surface area contributed by atoms with Crippen LogP contribution in [0.15, 0.2) is 84.9 Å². The zero-order valence-electron chi connectivity index (χ0n) is 17.1. The lowest BCUT2D eigenvalue weighted by Crippen LogP contribution is -2.73. The second kappa shape index (κ2) is 8.00. The maximum Gasteiger partial charge on any atom is 0.254 e. The fraction of sp³-hybridized carbons (Fsp3) is 0.231. The standard InChI is InChI=1S/C26H24N2O3/c29-17-23-25(20-13-11-19(12-14-20)18-7-3-1-4-8-18)22-15-27(16-24(30)28(22)23)26(31)21-9-5-2-6-10-21/h1-14,22-23,25,29H,15-17H2/t22-,23+,25+/m1/s1. The Morgan fingerprint density at radius 2 is 1.48 bits per heavy atom. The van der Waals surface area contributed by atoms with E-state index >= 15 is 0 Å². The van der Waals surface area contributed by atoms with Gasteiger partial charge in [-0.2, -0.15) is 0 Å². The van der Waals surface area contributed by atoms with Gasteiger partial charge in [0.25, 0.3) is 5.91 Å². The first-order chi connectivity index (χ1) is 15.2. The lowest BCUT2D eigenvalue weighted by molar-refractivity contribution is -0.159. The summed E-state index contributed by atoms with van der Waals surface area (Å²) in [7, 11) is 0. The molecule has 5 nitrogen and oxygen atoms in total. The molecule has 0 radical (unpaired) electrons. The molecule has 0 aliphatic carbocycles. The second-order valence-corrected chi connectivity index (χ2v) is 8.18. The van der Waals surface area contributed by atoms with Gasteiger partial charge in [-0.05, 0) is 28.8 Å². The number of benzene rings is 3. The van der Waals surface area contributed by atoms with E-state index in [0.29, 0.717) is 12.1 Å². The van der Waals surface area contributed by atoms with Crippen LogP contribution in [-0.4, -0.2) is 58.5 Å². The van der Waals surface area contributed by atoms with Gasteiger partial charge in [0.1, 0.15) is 6.54 Å². The van der Waals surface area contributed by atoms with E-state index in [1.165, 1.54) is 0 Å². The van der Waals surface area contributed by atoms with Crippen molar-refractivity contribution in [3.05, 3.63) is 96.1 Å². The summed E-state index contributed by atoms with van der Waals surface area (Å²) in [6.45, 7) is 0.446. The zero-order chi connectivity index (χ0) is 21.4. The normalized spacial score (nSPS) is 22.6. The number of carbonyl (C=O) groups is 2. The van der Waals surface area contributed by atoms with Crippen LogP contribution >= 0.6 is 0 Å². The molecule has 2 aliphatic rings. The van der Waals surface area contributed by atoms with Gasteiger partial charge in [0.05, 0.1) is 18.7 Å². The summed E-state index contributed by atoms with van der Waals surface area (Å²) in [6.07, 6.45) is 0. The molecule has 5 rings (SSSR count). The largest absolute Gasteiger partial charge is 0.394 e. The molecule has 2 amide bonds. The number of fused-ring (bicyclic) bond motifs is 1. The first-order valence-electron chi connectivity index (χ1n) is 10.6. The highest BCUT2D eigenvalue weighted by atomic mass is 16.3. The van der Waals surface area contributed by atoms with Gasteiger partial charge >= 0.3 is 0 Å². The van der Waals surface area contributed by atoms with Crippen LogP contribution in [0.5, 0.6) is 0 Å². The molecule has 2 heterocycles. The maximum absolute atomic E-state index is 12.9. The van der Waals surface area contributed by atoms with Gasteiger partial charge in [0.15, 0.2) is 0 Å². The van der Waals surface area contributed by atoms with Gasteiger partial charge in [-0.15, -0.1) is 0 Å². The molecule has 1 N–H and O–H groups in total. The number of aliphatic hydroxyl groups excluding tert-OH is 1. The Bertz CT molecular complexity index is 1080. The van der Waals surface area contributed by atoms with E-state index in [1.807, 2.05) is 36.4 Å². The van der Waals surface area contributed by atoms with E-state index in [1.54, 1.807) is 21.9 Å². The van der Waals surface area contributed by atoms with E-state index < -0.39 is 0 Å². The van der Waals surface area contributed by atoms with Crippen molar-refractivity contribution in [1.82, 2.24) is 9.80 Å². The Labute approximate surface area is 181 Å². The molecule has 0 saturated carbocycles. The van der Waals surface area contributed by atoms with E-state index in [-0.39, 0.29) is 43.0 Å². The minimum atomic E-state index is -0.242. The highest BCUT2D eigenvalue weighted by Crippen LogP contribution is 2.43. The summed E-state index contributed by atoms with van der Waals surface area (Å²) in [5, 5.41) is 9.99. The van der Waals surface area contributed by atoms with Gasteiger partial charge in [-0.3, -0.25) is 9.59 Å². The van der Waals surface area contributed by atoms with Gasteiger partial charge in [-0.1, -0.05) is 72.8 Å². The number of hydrogen-bond donors (Lipinski definition) is 1. The third-order valence-corrected chi connectivity index (χ3v) is 6.46. The van der Waals surface area contributed by atoms with E-state index in [9.17, 15) is 14.7 Å². The third-order valence-electron chi connectivity index (χ3n) is 6.46. The maximum atomic E-state index is 12.9. The predicted octanol–water partition coefficient (Wildman–Crippen LogP) is 3.16. The van der Waals surface area contributed by atoms with Gasteiger partial charge in [0.2, 0.25) is 5.91 Å². The molecule has 156 valence electrons. The van der Waals surface area contributed by atoms with Crippen molar-refractivity contribution in [1.29, 1.82) is 0 Å². The number of hydrogen-bond acceptors (Lipinski definition) is 3. The summed E-state index contributed by atoms with van der Waals surface area (Å²) >= 11 is 0. The SMILES string of the molecule is O=C(c1ccccc1)N1CC(=O)N2[C@H](C1)[C@H](c1ccc(-c3ccccc3)cc1)[C@@H]2CO. The van der Waals surface area contributed by atoms with E-state index in [4.69, 9.17) is 0 Å². The monoisotopic (exact) mass is 412 g/mol. The van der Waals surface area contributed by atoms with Crippen LogP contribution in [0.4, 0.5) is 0 Å². The molecule has 0 spiro atoms. The van der Waals surface area contributed by atoms with Crippen molar-refractivity contribution >= 4 is 11.8 Å². The van der Waals surface area contributed by atoms with Crippen LogP contribution in [0.25, 0.3) is 11.1 Å². The lowest BCUT2D eigenvalue weighted by Gasteiger charge is -2.58. The average Bonchev–Trinajstić information content (AvgIpc) is 2.81. The molecular weight excluding hydrogens is 388 g/mol.